The van der Waals surface area contributed by atoms with Crippen LogP contribution >= 0.6 is 22.9 Å². The molecule has 2 aromatic carbocycles. The van der Waals surface area contributed by atoms with E-state index in [2.05, 4.69) is 4.98 Å². The average molecular weight is 443 g/mol. The number of aliphatic hydroxyl groups is 1. The van der Waals surface area contributed by atoms with Crippen LogP contribution in [-0.2, 0) is 4.79 Å². The summed E-state index contributed by atoms with van der Waals surface area (Å²) in [5, 5.41) is 11.9. The number of rotatable bonds is 4. The molecule has 1 atom stereocenters. The van der Waals surface area contributed by atoms with Crippen LogP contribution in [0.3, 0.4) is 0 Å². The molecule has 1 N–H and O–H groups in total. The fraction of sp³-hybridized carbons (Fsp3) is 0.136. The molecule has 0 fully saturated rings. The first kappa shape index (κ1) is 20.3. The van der Waals surface area contributed by atoms with Crippen LogP contribution in [0.4, 0.5) is 10.1 Å². The van der Waals surface area contributed by atoms with Crippen LogP contribution in [0, 0.1) is 19.7 Å². The van der Waals surface area contributed by atoms with Crippen molar-refractivity contribution in [3.8, 4) is 0 Å². The molecule has 5 nitrogen and oxygen atoms in total. The molecular weight excluding hydrogens is 427 g/mol. The summed E-state index contributed by atoms with van der Waals surface area (Å²) in [5.74, 6) is -2.27. The first-order chi connectivity index (χ1) is 14.3. The maximum Gasteiger partial charge on any atom is 0.294 e. The van der Waals surface area contributed by atoms with Gasteiger partial charge in [0.25, 0.3) is 5.91 Å². The smallest absolute Gasteiger partial charge is 0.294 e. The number of hydrogen-bond donors (Lipinski definition) is 1. The number of aryl methyl sites for hydroxylation is 2. The number of carbonyl (C=O) groups excluding carboxylic acids is 2. The van der Waals surface area contributed by atoms with Gasteiger partial charge in [0, 0.05) is 10.7 Å². The Morgan fingerprint density at radius 3 is 2.33 bits per heavy atom. The molecule has 4 rings (SSSR count). The summed E-state index contributed by atoms with van der Waals surface area (Å²) in [4.78, 5) is 32.4. The number of thiazole rings is 1. The zero-order valence-electron chi connectivity index (χ0n) is 16.0. The van der Waals surface area contributed by atoms with Crippen molar-refractivity contribution in [1.82, 2.24) is 4.98 Å². The summed E-state index contributed by atoms with van der Waals surface area (Å²) in [6, 6.07) is 11.0. The first-order valence-corrected chi connectivity index (χ1v) is 10.2. The zero-order valence-corrected chi connectivity index (χ0v) is 17.6. The van der Waals surface area contributed by atoms with Crippen molar-refractivity contribution in [2.24, 2.45) is 0 Å². The monoisotopic (exact) mass is 442 g/mol. The summed E-state index contributed by atoms with van der Waals surface area (Å²) in [7, 11) is 0. The van der Waals surface area contributed by atoms with Crippen molar-refractivity contribution >= 4 is 40.3 Å². The van der Waals surface area contributed by atoms with Crippen molar-refractivity contribution in [2.75, 3.05) is 4.90 Å². The molecule has 30 heavy (non-hydrogen) atoms. The van der Waals surface area contributed by atoms with Gasteiger partial charge in [-0.2, -0.15) is 0 Å². The van der Waals surface area contributed by atoms with E-state index in [1.165, 1.54) is 40.5 Å². The number of amides is 1. The molecule has 0 spiro atoms. The van der Waals surface area contributed by atoms with Crippen molar-refractivity contribution in [3.05, 3.63) is 91.8 Å². The van der Waals surface area contributed by atoms with Gasteiger partial charge in [-0.05, 0) is 55.8 Å². The Kier molecular flexibility index (Phi) is 5.17. The molecule has 0 bridgehead atoms. The molecular formula is C22H16ClFN2O3S. The summed E-state index contributed by atoms with van der Waals surface area (Å²) in [6.45, 7) is 3.48. The van der Waals surface area contributed by atoms with Crippen molar-refractivity contribution in [2.45, 2.75) is 19.9 Å². The first-order valence-electron chi connectivity index (χ1n) is 9.04. The number of anilines is 1. The maximum atomic E-state index is 13.5. The third-order valence-corrected chi connectivity index (χ3v) is 6.18. The minimum absolute atomic E-state index is 0.0618. The number of benzene rings is 2. The van der Waals surface area contributed by atoms with Crippen LogP contribution in [0.5, 0.6) is 0 Å². The number of halogens is 2. The average Bonchev–Trinajstić information content (AvgIpc) is 3.19. The molecule has 2 heterocycles. The van der Waals surface area contributed by atoms with E-state index in [1.807, 2.05) is 0 Å². The predicted octanol–water partition coefficient (Wildman–Crippen LogP) is 5.34. The van der Waals surface area contributed by atoms with Crippen molar-refractivity contribution in [1.29, 1.82) is 0 Å². The number of hydrogen-bond acceptors (Lipinski definition) is 5. The second kappa shape index (κ2) is 7.66. The molecule has 0 radical (unpaired) electrons. The number of ketones is 1. The van der Waals surface area contributed by atoms with Crippen LogP contribution in [0.1, 0.15) is 32.0 Å². The van der Waals surface area contributed by atoms with Gasteiger partial charge in [-0.3, -0.25) is 14.5 Å². The normalized spacial score (nSPS) is 16.5. The summed E-state index contributed by atoms with van der Waals surface area (Å²) in [5.41, 5.74) is 1.41. The zero-order chi connectivity index (χ0) is 21.6. The fourth-order valence-corrected chi connectivity index (χ4v) is 4.53. The lowest BCUT2D eigenvalue weighted by atomic mass is 9.95. The van der Waals surface area contributed by atoms with Crippen LogP contribution < -0.4 is 4.90 Å². The van der Waals surface area contributed by atoms with Crippen LogP contribution in [0.15, 0.2) is 59.9 Å². The van der Waals surface area contributed by atoms with Crippen LogP contribution in [0.25, 0.3) is 0 Å². The highest BCUT2D eigenvalue weighted by Crippen LogP contribution is 2.42. The number of carbonyl (C=O) groups is 2. The minimum atomic E-state index is -0.923. The number of Topliss-reactive ketones (excluding diaryl/α,β-unsaturated/α-hetero) is 1. The van der Waals surface area contributed by atoms with Gasteiger partial charge in [0.2, 0.25) is 5.78 Å². The molecule has 152 valence electrons. The lowest BCUT2D eigenvalue weighted by molar-refractivity contribution is -0.117. The highest BCUT2D eigenvalue weighted by molar-refractivity contribution is 7.14. The number of aromatic nitrogens is 1. The molecule has 8 heteroatoms. The Hall–Kier alpha value is -3.03. The van der Waals surface area contributed by atoms with E-state index in [9.17, 15) is 19.1 Å². The van der Waals surface area contributed by atoms with Gasteiger partial charge >= 0.3 is 0 Å². The molecule has 1 aliphatic rings. The van der Waals surface area contributed by atoms with E-state index in [4.69, 9.17) is 11.6 Å². The predicted molar refractivity (Wildman–Crippen MR) is 114 cm³/mol. The SMILES string of the molecule is Cc1nc(C)c(C(=O)C2=C(O)C(=O)N(c3ccc(Cl)cc3)C2c2ccc(F)cc2)s1. The summed E-state index contributed by atoms with van der Waals surface area (Å²) >= 11 is 7.17. The summed E-state index contributed by atoms with van der Waals surface area (Å²) < 4.78 is 13.5. The Labute approximate surface area is 181 Å². The molecule has 3 aromatic rings. The number of nitrogens with zero attached hydrogens (tertiary/aromatic N) is 2. The Bertz CT molecular complexity index is 1190. The second-order valence-corrected chi connectivity index (χ2v) is 8.48. The standard InChI is InChI=1S/C22H16ClFN2O3S/c1-11-21(30-12(2)25-11)19(27)17-18(13-3-7-15(24)8-4-13)26(22(29)20(17)28)16-9-5-14(23)6-10-16/h3-10,18,28H,1-2H3. The quantitative estimate of drug-likeness (QED) is 0.554. The second-order valence-electron chi connectivity index (χ2n) is 6.84. The highest BCUT2D eigenvalue weighted by Gasteiger charge is 2.45. The van der Waals surface area contributed by atoms with Gasteiger partial charge in [-0.1, -0.05) is 23.7 Å². The fourth-order valence-electron chi connectivity index (χ4n) is 3.53. The van der Waals surface area contributed by atoms with E-state index in [0.29, 0.717) is 31.9 Å². The van der Waals surface area contributed by atoms with Gasteiger partial charge in [-0.15, -0.1) is 11.3 Å². The van der Waals surface area contributed by atoms with Gasteiger partial charge < -0.3 is 5.11 Å². The molecule has 0 saturated carbocycles. The third-order valence-electron chi connectivity index (χ3n) is 4.85. The van der Waals surface area contributed by atoms with E-state index in [1.54, 1.807) is 38.1 Å². The van der Waals surface area contributed by atoms with Crippen LogP contribution in [-0.4, -0.2) is 21.8 Å². The Balaban J connectivity index is 1.89. The summed E-state index contributed by atoms with van der Waals surface area (Å²) in [6.07, 6.45) is 0. The third kappa shape index (κ3) is 3.40. The lowest BCUT2D eigenvalue weighted by Crippen LogP contribution is -2.31. The molecule has 0 aliphatic carbocycles. The molecule has 1 aliphatic heterocycles. The van der Waals surface area contributed by atoms with Crippen molar-refractivity contribution in [3.63, 3.8) is 0 Å². The largest absolute Gasteiger partial charge is 0.503 e. The van der Waals surface area contributed by atoms with E-state index >= 15 is 0 Å². The number of aliphatic hydroxyl groups excluding tert-OH is 1. The molecule has 0 saturated heterocycles. The molecule has 1 aromatic heterocycles. The van der Waals surface area contributed by atoms with Crippen LogP contribution in [0.2, 0.25) is 5.02 Å². The van der Waals surface area contributed by atoms with E-state index in [-0.39, 0.29) is 5.57 Å². The lowest BCUT2D eigenvalue weighted by Gasteiger charge is -2.27. The molecule has 1 unspecified atom stereocenters. The Morgan fingerprint density at radius 1 is 1.13 bits per heavy atom. The highest BCUT2D eigenvalue weighted by atomic mass is 35.5. The Morgan fingerprint density at radius 2 is 1.77 bits per heavy atom. The maximum absolute atomic E-state index is 13.5. The van der Waals surface area contributed by atoms with Gasteiger partial charge in [-0.25, -0.2) is 9.37 Å². The van der Waals surface area contributed by atoms with Gasteiger partial charge in [0.1, 0.15) is 5.82 Å². The van der Waals surface area contributed by atoms with Gasteiger partial charge in [0.15, 0.2) is 5.76 Å². The van der Waals surface area contributed by atoms with E-state index < -0.39 is 29.3 Å². The molecule has 1 amide bonds. The minimum Gasteiger partial charge on any atom is -0.503 e. The van der Waals surface area contributed by atoms with Gasteiger partial charge in [0.05, 0.1) is 27.2 Å². The van der Waals surface area contributed by atoms with Crippen molar-refractivity contribution < 1.29 is 19.1 Å². The topological polar surface area (TPSA) is 70.5 Å². The van der Waals surface area contributed by atoms with E-state index in [0.717, 1.165) is 0 Å².